The predicted molar refractivity (Wildman–Crippen MR) is 80.1 cm³/mol. The standard InChI is InChI=1S/C16H13NOS/c1-4-8-15-11(5-1)9-16(19-15)14-10-17-12-6-2-3-7-13(12)18-14/h1-9,14,17H,10H2. The van der Waals surface area contributed by atoms with Crippen molar-refractivity contribution >= 4 is 27.1 Å². The first-order valence-corrected chi connectivity index (χ1v) is 7.20. The molecule has 1 N–H and O–H groups in total. The van der Waals surface area contributed by atoms with Crippen molar-refractivity contribution in [1.82, 2.24) is 0 Å². The van der Waals surface area contributed by atoms with Gasteiger partial charge < -0.3 is 10.1 Å². The zero-order valence-corrected chi connectivity index (χ0v) is 11.1. The topological polar surface area (TPSA) is 21.3 Å². The summed E-state index contributed by atoms with van der Waals surface area (Å²) in [6.07, 6.45) is 0.104. The third-order valence-corrected chi connectivity index (χ3v) is 4.60. The average Bonchev–Trinajstić information content (AvgIpc) is 2.90. The van der Waals surface area contributed by atoms with Crippen molar-refractivity contribution in [3.8, 4) is 5.75 Å². The highest BCUT2D eigenvalue weighted by Crippen LogP contribution is 2.37. The van der Waals surface area contributed by atoms with Gasteiger partial charge in [0.1, 0.15) is 5.75 Å². The minimum atomic E-state index is 0.104. The van der Waals surface area contributed by atoms with E-state index in [0.29, 0.717) is 0 Å². The first-order valence-electron chi connectivity index (χ1n) is 6.38. The van der Waals surface area contributed by atoms with Gasteiger partial charge in [-0.15, -0.1) is 11.3 Å². The number of thiophene rings is 1. The van der Waals surface area contributed by atoms with Crippen molar-refractivity contribution in [2.75, 3.05) is 11.9 Å². The molecule has 1 aromatic heterocycles. The van der Waals surface area contributed by atoms with Gasteiger partial charge in [-0.3, -0.25) is 0 Å². The van der Waals surface area contributed by atoms with Crippen LogP contribution in [0.3, 0.4) is 0 Å². The summed E-state index contributed by atoms with van der Waals surface area (Å²) < 4.78 is 7.41. The lowest BCUT2D eigenvalue weighted by atomic mass is 10.2. The molecule has 0 saturated heterocycles. The Balaban J connectivity index is 1.70. The van der Waals surface area contributed by atoms with E-state index in [9.17, 15) is 0 Å². The van der Waals surface area contributed by atoms with Gasteiger partial charge in [-0.05, 0) is 29.7 Å². The molecule has 0 spiro atoms. The summed E-state index contributed by atoms with van der Waals surface area (Å²) in [5, 5.41) is 4.73. The lowest BCUT2D eigenvalue weighted by molar-refractivity contribution is 0.214. The lowest BCUT2D eigenvalue weighted by Crippen LogP contribution is -2.22. The Bertz CT molecular complexity index is 701. The Morgan fingerprint density at radius 2 is 1.89 bits per heavy atom. The molecule has 94 valence electrons. The van der Waals surface area contributed by atoms with Crippen LogP contribution in [0.25, 0.3) is 10.1 Å². The molecule has 0 bridgehead atoms. The fourth-order valence-electron chi connectivity index (χ4n) is 2.43. The monoisotopic (exact) mass is 267 g/mol. The number of ether oxygens (including phenoxy) is 1. The van der Waals surface area contributed by atoms with Crippen LogP contribution in [-0.2, 0) is 0 Å². The second kappa shape index (κ2) is 4.28. The zero-order valence-electron chi connectivity index (χ0n) is 10.3. The maximum atomic E-state index is 6.10. The largest absolute Gasteiger partial charge is 0.481 e. The van der Waals surface area contributed by atoms with Gasteiger partial charge in [-0.2, -0.15) is 0 Å². The van der Waals surface area contributed by atoms with Crippen molar-refractivity contribution in [1.29, 1.82) is 0 Å². The molecule has 0 radical (unpaired) electrons. The van der Waals surface area contributed by atoms with Gasteiger partial charge in [0.05, 0.1) is 12.2 Å². The molecule has 1 aliphatic heterocycles. The summed E-state index contributed by atoms with van der Waals surface area (Å²) in [6.45, 7) is 0.823. The first kappa shape index (κ1) is 10.9. The van der Waals surface area contributed by atoms with Crippen LogP contribution in [-0.4, -0.2) is 6.54 Å². The van der Waals surface area contributed by atoms with Crippen LogP contribution in [0.4, 0.5) is 5.69 Å². The van der Waals surface area contributed by atoms with E-state index in [4.69, 9.17) is 4.74 Å². The number of anilines is 1. The van der Waals surface area contributed by atoms with E-state index in [1.54, 1.807) is 0 Å². The van der Waals surface area contributed by atoms with Gasteiger partial charge in [-0.25, -0.2) is 0 Å². The molecule has 0 fully saturated rings. The van der Waals surface area contributed by atoms with Gasteiger partial charge >= 0.3 is 0 Å². The maximum Gasteiger partial charge on any atom is 0.150 e. The van der Waals surface area contributed by atoms with Gasteiger partial charge in [-0.1, -0.05) is 30.3 Å². The molecule has 2 heterocycles. The molecule has 0 amide bonds. The molecular weight excluding hydrogens is 254 g/mol. The highest BCUT2D eigenvalue weighted by molar-refractivity contribution is 7.19. The van der Waals surface area contributed by atoms with E-state index in [2.05, 4.69) is 41.7 Å². The van der Waals surface area contributed by atoms with E-state index < -0.39 is 0 Å². The third kappa shape index (κ3) is 1.87. The number of benzene rings is 2. The summed E-state index contributed by atoms with van der Waals surface area (Å²) in [7, 11) is 0. The number of hydrogen-bond acceptors (Lipinski definition) is 3. The molecule has 0 saturated carbocycles. The summed E-state index contributed by atoms with van der Waals surface area (Å²) in [4.78, 5) is 1.28. The summed E-state index contributed by atoms with van der Waals surface area (Å²) in [5.74, 6) is 0.941. The van der Waals surface area contributed by atoms with E-state index in [0.717, 1.165) is 18.0 Å². The number of fused-ring (bicyclic) bond motifs is 2. The lowest BCUT2D eigenvalue weighted by Gasteiger charge is -2.26. The normalized spacial score (nSPS) is 17.6. The fraction of sp³-hybridized carbons (Fsp3) is 0.125. The Labute approximate surface area is 115 Å². The number of hydrogen-bond donors (Lipinski definition) is 1. The summed E-state index contributed by atoms with van der Waals surface area (Å²) in [5.41, 5.74) is 1.08. The minimum Gasteiger partial charge on any atom is -0.481 e. The number of rotatable bonds is 1. The van der Waals surface area contributed by atoms with E-state index >= 15 is 0 Å². The van der Waals surface area contributed by atoms with E-state index in [1.165, 1.54) is 15.0 Å². The zero-order chi connectivity index (χ0) is 12.7. The van der Waals surface area contributed by atoms with Gasteiger partial charge in [0.2, 0.25) is 0 Å². The highest BCUT2D eigenvalue weighted by atomic mass is 32.1. The maximum absolute atomic E-state index is 6.10. The summed E-state index contributed by atoms with van der Waals surface area (Å²) in [6, 6.07) is 18.8. The van der Waals surface area contributed by atoms with Crippen LogP contribution < -0.4 is 10.1 Å². The Hall–Kier alpha value is -2.00. The third-order valence-electron chi connectivity index (χ3n) is 3.40. The van der Waals surface area contributed by atoms with Gasteiger partial charge in [0.25, 0.3) is 0 Å². The number of nitrogens with one attached hydrogen (secondary N) is 1. The summed E-state index contributed by atoms with van der Waals surface area (Å²) >= 11 is 1.81. The van der Waals surface area contributed by atoms with E-state index in [-0.39, 0.29) is 6.10 Å². The van der Waals surface area contributed by atoms with Crippen molar-refractivity contribution in [2.45, 2.75) is 6.10 Å². The van der Waals surface area contributed by atoms with Crippen LogP contribution in [0.1, 0.15) is 11.0 Å². The van der Waals surface area contributed by atoms with Crippen LogP contribution in [0, 0.1) is 0 Å². The van der Waals surface area contributed by atoms with E-state index in [1.807, 2.05) is 29.5 Å². The van der Waals surface area contributed by atoms with Crippen molar-refractivity contribution in [3.05, 3.63) is 59.5 Å². The molecule has 3 aromatic rings. The minimum absolute atomic E-state index is 0.104. The molecule has 1 aliphatic rings. The van der Waals surface area contributed by atoms with Gasteiger partial charge in [0.15, 0.2) is 6.10 Å². The van der Waals surface area contributed by atoms with Crippen LogP contribution >= 0.6 is 11.3 Å². The quantitative estimate of drug-likeness (QED) is 0.703. The molecule has 3 heteroatoms. The number of para-hydroxylation sites is 2. The molecular formula is C16H13NOS. The molecule has 19 heavy (non-hydrogen) atoms. The molecule has 4 rings (SSSR count). The Morgan fingerprint density at radius 3 is 2.84 bits per heavy atom. The van der Waals surface area contributed by atoms with Crippen LogP contribution in [0.2, 0.25) is 0 Å². The Morgan fingerprint density at radius 1 is 1.05 bits per heavy atom. The second-order valence-electron chi connectivity index (χ2n) is 4.67. The van der Waals surface area contributed by atoms with Crippen LogP contribution in [0.15, 0.2) is 54.6 Å². The first-order chi connectivity index (χ1) is 9.40. The molecule has 2 aromatic carbocycles. The van der Waals surface area contributed by atoms with Crippen molar-refractivity contribution < 1.29 is 4.74 Å². The van der Waals surface area contributed by atoms with Crippen molar-refractivity contribution in [3.63, 3.8) is 0 Å². The Kier molecular flexibility index (Phi) is 2.45. The molecule has 2 nitrogen and oxygen atoms in total. The molecule has 1 atom stereocenters. The van der Waals surface area contributed by atoms with Gasteiger partial charge in [0, 0.05) is 9.58 Å². The fourth-order valence-corrected chi connectivity index (χ4v) is 3.53. The SMILES string of the molecule is c1ccc2c(c1)NCC(c1cc3ccccc3s1)O2. The van der Waals surface area contributed by atoms with Crippen molar-refractivity contribution in [2.24, 2.45) is 0 Å². The smallest absolute Gasteiger partial charge is 0.150 e. The van der Waals surface area contributed by atoms with Crippen LogP contribution in [0.5, 0.6) is 5.75 Å². The average molecular weight is 267 g/mol. The molecule has 0 aliphatic carbocycles. The second-order valence-corrected chi connectivity index (χ2v) is 5.79. The molecule has 1 unspecified atom stereocenters. The highest BCUT2D eigenvalue weighted by Gasteiger charge is 2.22. The predicted octanol–water partition coefficient (Wildman–Crippen LogP) is 4.45.